The van der Waals surface area contributed by atoms with Gasteiger partial charge in [0.15, 0.2) is 11.5 Å². The van der Waals surface area contributed by atoms with Crippen LogP contribution in [0, 0.1) is 11.3 Å². The van der Waals surface area contributed by atoms with Crippen molar-refractivity contribution in [1.29, 1.82) is 5.26 Å². The number of benzene rings is 1. The van der Waals surface area contributed by atoms with E-state index in [9.17, 15) is 10.1 Å². The molecule has 1 heterocycles. The number of methoxy groups -OCH3 is 1. The Kier molecular flexibility index (Phi) is 8.54. The minimum atomic E-state index is -0.245. The molecule has 1 amide bonds. The van der Waals surface area contributed by atoms with Gasteiger partial charge in [-0.3, -0.25) is 4.79 Å². The number of unbranched alkanes of at least 4 members (excludes halogenated alkanes) is 3. The van der Waals surface area contributed by atoms with Crippen LogP contribution in [0.2, 0.25) is 0 Å². The molecule has 3 rings (SSSR count). The van der Waals surface area contributed by atoms with Crippen molar-refractivity contribution in [2.75, 3.05) is 19.0 Å². The number of thiophene rings is 1. The number of carbonyl (C=O) groups is 1. The zero-order chi connectivity index (χ0) is 22.1. The first-order valence-corrected chi connectivity index (χ1v) is 11.8. The van der Waals surface area contributed by atoms with Crippen molar-refractivity contribution in [2.24, 2.45) is 0 Å². The lowest BCUT2D eigenvalue weighted by Gasteiger charge is -2.11. The second-order valence-electron chi connectivity index (χ2n) is 7.67. The van der Waals surface area contributed by atoms with E-state index in [1.165, 1.54) is 35.1 Å². The van der Waals surface area contributed by atoms with Gasteiger partial charge in [-0.05, 0) is 61.4 Å². The number of nitriles is 1. The summed E-state index contributed by atoms with van der Waals surface area (Å²) < 4.78 is 11.3. The monoisotopic (exact) mass is 438 g/mol. The summed E-state index contributed by atoms with van der Waals surface area (Å²) in [4.78, 5) is 13.7. The lowest BCUT2D eigenvalue weighted by molar-refractivity contribution is -0.111. The maximum absolute atomic E-state index is 12.5. The van der Waals surface area contributed by atoms with Gasteiger partial charge < -0.3 is 14.8 Å². The summed E-state index contributed by atoms with van der Waals surface area (Å²) in [6.45, 7) is 2.85. The van der Waals surface area contributed by atoms with Crippen LogP contribution in [0.3, 0.4) is 0 Å². The number of hydrogen-bond donors (Lipinski definition) is 1. The zero-order valence-corrected chi connectivity index (χ0v) is 19.1. The first-order chi connectivity index (χ1) is 15.2. The number of aryl methyl sites for hydroxylation is 1. The summed E-state index contributed by atoms with van der Waals surface area (Å²) in [7, 11) is 1.61. The topological polar surface area (TPSA) is 71.3 Å². The van der Waals surface area contributed by atoms with Gasteiger partial charge in [-0.25, -0.2) is 0 Å². The molecule has 1 aromatic heterocycles. The number of nitrogens with one attached hydrogen (secondary N) is 1. The molecule has 2 aromatic rings. The SMILES string of the molecule is CCCCCCOc1ccc(/C=C/C(=O)Nc2sc3c(c2C#N)CCCC3)cc1OC. The number of hydrogen-bond acceptors (Lipinski definition) is 5. The van der Waals surface area contributed by atoms with Gasteiger partial charge in [0, 0.05) is 11.0 Å². The molecule has 0 saturated carbocycles. The molecule has 0 unspecified atom stereocenters. The number of anilines is 1. The molecule has 0 radical (unpaired) electrons. The van der Waals surface area contributed by atoms with Crippen molar-refractivity contribution in [3.8, 4) is 17.6 Å². The fourth-order valence-electron chi connectivity index (χ4n) is 3.72. The van der Waals surface area contributed by atoms with Crippen LogP contribution in [-0.4, -0.2) is 19.6 Å². The van der Waals surface area contributed by atoms with E-state index in [-0.39, 0.29) is 5.91 Å². The van der Waals surface area contributed by atoms with E-state index in [1.54, 1.807) is 13.2 Å². The molecule has 6 heteroatoms. The van der Waals surface area contributed by atoms with Crippen LogP contribution < -0.4 is 14.8 Å². The molecule has 5 nitrogen and oxygen atoms in total. The van der Waals surface area contributed by atoms with Gasteiger partial charge in [0.05, 0.1) is 19.3 Å². The molecule has 0 atom stereocenters. The maximum atomic E-state index is 12.5. The summed E-state index contributed by atoms with van der Waals surface area (Å²) in [5.41, 5.74) is 2.59. The van der Waals surface area contributed by atoms with Gasteiger partial charge in [-0.15, -0.1) is 11.3 Å². The van der Waals surface area contributed by atoms with E-state index in [0.29, 0.717) is 28.7 Å². The third-order valence-electron chi connectivity index (χ3n) is 5.39. The summed E-state index contributed by atoms with van der Waals surface area (Å²) in [6.07, 6.45) is 12.0. The highest BCUT2D eigenvalue weighted by molar-refractivity contribution is 7.16. The largest absolute Gasteiger partial charge is 0.493 e. The molecule has 1 aromatic carbocycles. The Morgan fingerprint density at radius 3 is 2.84 bits per heavy atom. The molecule has 0 saturated heterocycles. The number of ether oxygens (including phenoxy) is 2. The van der Waals surface area contributed by atoms with Crippen molar-refractivity contribution < 1.29 is 14.3 Å². The normalized spacial score (nSPS) is 12.9. The standard InChI is InChI=1S/C25H30N2O3S/c1-3-4-5-8-15-30-21-13-11-18(16-22(21)29-2)12-14-24(28)27-25-20(17-26)19-9-6-7-10-23(19)31-25/h11-14,16H,3-10,15H2,1-2H3,(H,27,28)/b14-12+. The van der Waals surface area contributed by atoms with Crippen LogP contribution in [-0.2, 0) is 17.6 Å². The Hall–Kier alpha value is -2.78. The number of rotatable bonds is 10. The fraction of sp³-hybridized carbons (Fsp3) is 0.440. The summed E-state index contributed by atoms with van der Waals surface area (Å²) in [5, 5.41) is 13.1. The maximum Gasteiger partial charge on any atom is 0.249 e. The smallest absolute Gasteiger partial charge is 0.249 e. The van der Waals surface area contributed by atoms with Gasteiger partial charge >= 0.3 is 0 Å². The van der Waals surface area contributed by atoms with Crippen molar-refractivity contribution in [3.05, 3.63) is 45.8 Å². The summed E-state index contributed by atoms with van der Waals surface area (Å²) in [5.74, 6) is 1.12. The first kappa shape index (κ1) is 22.9. The van der Waals surface area contributed by atoms with Gasteiger partial charge in [-0.2, -0.15) is 5.26 Å². The Balaban J connectivity index is 1.62. The quantitative estimate of drug-likeness (QED) is 0.358. The van der Waals surface area contributed by atoms with E-state index >= 15 is 0 Å². The number of nitrogens with zero attached hydrogens (tertiary/aromatic N) is 1. The van der Waals surface area contributed by atoms with Crippen LogP contribution in [0.5, 0.6) is 11.5 Å². The Morgan fingerprint density at radius 1 is 1.23 bits per heavy atom. The second kappa shape index (κ2) is 11.6. The Morgan fingerprint density at radius 2 is 2.06 bits per heavy atom. The lowest BCUT2D eigenvalue weighted by Crippen LogP contribution is -2.08. The van der Waals surface area contributed by atoms with Crippen LogP contribution in [0.15, 0.2) is 24.3 Å². The van der Waals surface area contributed by atoms with E-state index in [4.69, 9.17) is 9.47 Å². The van der Waals surface area contributed by atoms with Crippen molar-refractivity contribution in [3.63, 3.8) is 0 Å². The van der Waals surface area contributed by atoms with E-state index in [0.717, 1.165) is 49.7 Å². The second-order valence-corrected chi connectivity index (χ2v) is 8.77. The number of amides is 1. The zero-order valence-electron chi connectivity index (χ0n) is 18.3. The van der Waals surface area contributed by atoms with E-state index in [1.807, 2.05) is 18.2 Å². The molecular formula is C25H30N2O3S. The molecule has 31 heavy (non-hydrogen) atoms. The highest BCUT2D eigenvalue weighted by atomic mass is 32.1. The van der Waals surface area contributed by atoms with Crippen LogP contribution >= 0.6 is 11.3 Å². The molecule has 0 spiro atoms. The molecule has 1 N–H and O–H groups in total. The van der Waals surface area contributed by atoms with Crippen molar-refractivity contribution >= 4 is 28.3 Å². The van der Waals surface area contributed by atoms with E-state index < -0.39 is 0 Å². The van der Waals surface area contributed by atoms with E-state index in [2.05, 4.69) is 18.3 Å². The molecule has 164 valence electrons. The third-order valence-corrected chi connectivity index (χ3v) is 6.60. The summed E-state index contributed by atoms with van der Waals surface area (Å²) in [6, 6.07) is 7.90. The molecule has 1 aliphatic carbocycles. The third kappa shape index (κ3) is 6.11. The predicted octanol–water partition coefficient (Wildman–Crippen LogP) is 6.12. The number of fused-ring (bicyclic) bond motifs is 1. The lowest BCUT2D eigenvalue weighted by atomic mass is 9.96. The van der Waals surface area contributed by atoms with Crippen LogP contribution in [0.1, 0.15) is 67.0 Å². The highest BCUT2D eigenvalue weighted by Crippen LogP contribution is 2.37. The van der Waals surface area contributed by atoms with Gasteiger partial charge in [-0.1, -0.05) is 32.3 Å². The fourth-order valence-corrected chi connectivity index (χ4v) is 4.96. The molecular weight excluding hydrogens is 408 g/mol. The van der Waals surface area contributed by atoms with Gasteiger partial charge in [0.25, 0.3) is 0 Å². The predicted molar refractivity (Wildman–Crippen MR) is 126 cm³/mol. The molecule has 0 bridgehead atoms. The van der Waals surface area contributed by atoms with Crippen LogP contribution in [0.4, 0.5) is 5.00 Å². The van der Waals surface area contributed by atoms with Crippen molar-refractivity contribution in [1.82, 2.24) is 0 Å². The average molecular weight is 439 g/mol. The minimum Gasteiger partial charge on any atom is -0.493 e. The molecule has 0 fully saturated rings. The molecule has 0 aliphatic heterocycles. The van der Waals surface area contributed by atoms with Gasteiger partial charge in [0.1, 0.15) is 11.1 Å². The summed E-state index contributed by atoms with van der Waals surface area (Å²) >= 11 is 1.53. The average Bonchev–Trinajstić information content (AvgIpc) is 3.14. The molecule has 1 aliphatic rings. The Bertz CT molecular complexity index is 972. The number of carbonyl (C=O) groups excluding carboxylic acids is 1. The first-order valence-electron chi connectivity index (χ1n) is 11.0. The highest BCUT2D eigenvalue weighted by Gasteiger charge is 2.21. The Labute approximate surface area is 188 Å². The minimum absolute atomic E-state index is 0.245. The van der Waals surface area contributed by atoms with Crippen molar-refractivity contribution in [2.45, 2.75) is 58.3 Å². The van der Waals surface area contributed by atoms with Crippen LogP contribution in [0.25, 0.3) is 6.08 Å². The van der Waals surface area contributed by atoms with Gasteiger partial charge in [0.2, 0.25) is 5.91 Å².